The molecule has 0 spiro atoms. The maximum atomic E-state index is 5.64. The summed E-state index contributed by atoms with van der Waals surface area (Å²) in [6.45, 7) is 2.82. The lowest BCUT2D eigenvalue weighted by Gasteiger charge is -2.19. The summed E-state index contributed by atoms with van der Waals surface area (Å²) in [7, 11) is 0. The van der Waals surface area contributed by atoms with E-state index in [1.807, 2.05) is 0 Å². The molecule has 1 aliphatic heterocycles. The van der Waals surface area contributed by atoms with Crippen LogP contribution in [0.1, 0.15) is 19.8 Å². The van der Waals surface area contributed by atoms with Crippen LogP contribution in [-0.4, -0.2) is 16.5 Å². The lowest BCUT2D eigenvalue weighted by atomic mass is 10.4. The van der Waals surface area contributed by atoms with Crippen molar-refractivity contribution in [1.82, 2.24) is 0 Å². The van der Waals surface area contributed by atoms with Crippen LogP contribution in [0.25, 0.3) is 0 Å². The molecular formula is C7H11IO2. The van der Waals surface area contributed by atoms with Crippen molar-refractivity contribution in [2.75, 3.05) is 6.61 Å². The number of hydrogen-bond donors (Lipinski definition) is 0. The third-order valence-corrected chi connectivity index (χ3v) is 3.39. The molecule has 0 aromatic heterocycles. The molecular weight excluding hydrogens is 243 g/mol. The molecule has 1 saturated heterocycles. The normalized spacial score (nSPS) is 48.0. The van der Waals surface area contributed by atoms with Crippen molar-refractivity contribution >= 4 is 22.6 Å². The van der Waals surface area contributed by atoms with E-state index >= 15 is 0 Å². The average molecular weight is 254 g/mol. The quantitative estimate of drug-likeness (QED) is 0.525. The van der Waals surface area contributed by atoms with Gasteiger partial charge in [-0.05, 0) is 42.4 Å². The van der Waals surface area contributed by atoms with E-state index in [9.17, 15) is 0 Å². The fourth-order valence-corrected chi connectivity index (χ4v) is 2.45. The largest absolute Gasteiger partial charge is 0.339 e. The van der Waals surface area contributed by atoms with Gasteiger partial charge in [-0.25, -0.2) is 0 Å². The summed E-state index contributed by atoms with van der Waals surface area (Å²) in [4.78, 5) is 0. The van der Waals surface area contributed by atoms with Crippen LogP contribution in [0.5, 0.6) is 0 Å². The van der Waals surface area contributed by atoms with Crippen molar-refractivity contribution in [3.8, 4) is 0 Å². The van der Waals surface area contributed by atoms with E-state index in [1.165, 1.54) is 12.8 Å². The molecule has 2 rings (SSSR count). The van der Waals surface area contributed by atoms with E-state index < -0.39 is 0 Å². The van der Waals surface area contributed by atoms with Gasteiger partial charge >= 0.3 is 0 Å². The van der Waals surface area contributed by atoms with Gasteiger partial charge in [0.15, 0.2) is 0 Å². The number of alkyl halides is 1. The van der Waals surface area contributed by atoms with Crippen LogP contribution in [0.2, 0.25) is 0 Å². The summed E-state index contributed by atoms with van der Waals surface area (Å²) in [5.41, 5.74) is 0. The summed E-state index contributed by atoms with van der Waals surface area (Å²) in [6, 6.07) is 0. The van der Waals surface area contributed by atoms with Gasteiger partial charge < -0.3 is 9.47 Å². The summed E-state index contributed by atoms with van der Waals surface area (Å²) in [6.07, 6.45) is 2.84. The van der Waals surface area contributed by atoms with Crippen LogP contribution in [0.15, 0.2) is 0 Å². The van der Waals surface area contributed by atoms with Crippen LogP contribution in [0.4, 0.5) is 0 Å². The average Bonchev–Trinajstić information content (AvgIpc) is 2.62. The first-order valence-electron chi connectivity index (χ1n) is 3.71. The number of halogens is 1. The second-order valence-corrected chi connectivity index (χ2v) is 4.60. The van der Waals surface area contributed by atoms with Gasteiger partial charge in [0.2, 0.25) is 3.79 Å². The van der Waals surface area contributed by atoms with Crippen LogP contribution >= 0.6 is 22.6 Å². The molecule has 1 aliphatic carbocycles. The van der Waals surface area contributed by atoms with Crippen molar-refractivity contribution in [3.05, 3.63) is 0 Å². The minimum Gasteiger partial charge on any atom is -0.339 e. The van der Waals surface area contributed by atoms with Crippen molar-refractivity contribution < 1.29 is 9.47 Å². The van der Waals surface area contributed by atoms with Crippen LogP contribution in [0.3, 0.4) is 0 Å². The van der Waals surface area contributed by atoms with E-state index in [0.717, 1.165) is 6.61 Å². The van der Waals surface area contributed by atoms with Gasteiger partial charge in [0.25, 0.3) is 0 Å². The van der Waals surface area contributed by atoms with E-state index in [4.69, 9.17) is 9.47 Å². The topological polar surface area (TPSA) is 18.5 Å². The molecule has 2 fully saturated rings. The van der Waals surface area contributed by atoms with E-state index in [1.54, 1.807) is 0 Å². The first-order chi connectivity index (χ1) is 4.71. The Morgan fingerprint density at radius 1 is 1.50 bits per heavy atom. The monoisotopic (exact) mass is 254 g/mol. The lowest BCUT2D eigenvalue weighted by molar-refractivity contribution is -0.0865. The summed E-state index contributed by atoms with van der Waals surface area (Å²) >= 11 is 2.29. The molecule has 1 heterocycles. The zero-order valence-corrected chi connectivity index (χ0v) is 8.13. The molecule has 0 unspecified atom stereocenters. The second kappa shape index (κ2) is 2.32. The molecule has 2 aliphatic rings. The van der Waals surface area contributed by atoms with E-state index in [0.29, 0.717) is 5.92 Å². The smallest absolute Gasteiger partial charge is 0.224 e. The van der Waals surface area contributed by atoms with Crippen LogP contribution in [-0.2, 0) is 9.47 Å². The predicted octanol–water partition coefficient (Wildman–Crippen LogP) is 1.92. The standard InChI is InChI=1S/C7H11IO2/c1-5-4-9-7(8,10-5)6-2-3-6/h5-6H,2-4H2,1H3/t5-,7-/m1/s1. The maximum absolute atomic E-state index is 5.64. The lowest BCUT2D eigenvalue weighted by Crippen LogP contribution is -2.24. The van der Waals surface area contributed by atoms with E-state index in [2.05, 4.69) is 29.5 Å². The molecule has 2 nitrogen and oxygen atoms in total. The SMILES string of the molecule is C[C@@H]1CO[C@](I)(C2CC2)O1. The molecule has 2 atom stereocenters. The first-order valence-corrected chi connectivity index (χ1v) is 4.79. The Morgan fingerprint density at radius 2 is 2.20 bits per heavy atom. The van der Waals surface area contributed by atoms with Gasteiger partial charge in [0, 0.05) is 5.92 Å². The van der Waals surface area contributed by atoms with Crippen molar-refractivity contribution in [1.29, 1.82) is 0 Å². The first kappa shape index (κ1) is 7.31. The molecule has 0 amide bonds. The van der Waals surface area contributed by atoms with Gasteiger partial charge in [-0.2, -0.15) is 0 Å². The molecule has 0 N–H and O–H groups in total. The molecule has 0 aromatic rings. The molecule has 0 bridgehead atoms. The zero-order chi connectivity index (χ0) is 7.19. The highest BCUT2D eigenvalue weighted by Gasteiger charge is 2.49. The number of rotatable bonds is 1. The highest BCUT2D eigenvalue weighted by Crippen LogP contribution is 2.49. The maximum Gasteiger partial charge on any atom is 0.224 e. The van der Waals surface area contributed by atoms with Gasteiger partial charge in [-0.3, -0.25) is 0 Å². The molecule has 3 heteroatoms. The Balaban J connectivity index is 2.01. The zero-order valence-electron chi connectivity index (χ0n) is 5.97. The summed E-state index contributed by atoms with van der Waals surface area (Å²) in [5, 5.41) is 0. The summed E-state index contributed by atoms with van der Waals surface area (Å²) < 4.78 is 10.9. The van der Waals surface area contributed by atoms with Gasteiger partial charge in [-0.15, -0.1) is 0 Å². The number of ether oxygens (including phenoxy) is 2. The Labute approximate surface area is 74.4 Å². The minimum absolute atomic E-state index is 0.253. The molecule has 0 aromatic carbocycles. The van der Waals surface area contributed by atoms with Crippen molar-refractivity contribution in [2.45, 2.75) is 29.7 Å². The Morgan fingerprint density at radius 3 is 2.60 bits per heavy atom. The molecule has 10 heavy (non-hydrogen) atoms. The van der Waals surface area contributed by atoms with Crippen molar-refractivity contribution in [2.24, 2.45) is 5.92 Å². The minimum atomic E-state index is -0.253. The Hall–Kier alpha value is 0.650. The van der Waals surface area contributed by atoms with Gasteiger partial charge in [0.1, 0.15) is 0 Å². The second-order valence-electron chi connectivity index (χ2n) is 3.10. The van der Waals surface area contributed by atoms with Gasteiger partial charge in [-0.1, -0.05) is 0 Å². The third-order valence-electron chi connectivity index (χ3n) is 1.94. The fraction of sp³-hybridized carbons (Fsp3) is 1.00. The molecule has 58 valence electrons. The van der Waals surface area contributed by atoms with E-state index in [-0.39, 0.29) is 9.90 Å². The highest BCUT2D eigenvalue weighted by molar-refractivity contribution is 14.1. The Kier molecular flexibility index (Phi) is 1.69. The van der Waals surface area contributed by atoms with Crippen LogP contribution < -0.4 is 0 Å². The predicted molar refractivity (Wildman–Crippen MR) is 46.0 cm³/mol. The number of hydrogen-bond acceptors (Lipinski definition) is 2. The molecule has 0 radical (unpaired) electrons. The molecule has 1 saturated carbocycles. The highest BCUT2D eigenvalue weighted by atomic mass is 127. The Bertz CT molecular complexity index is 147. The fourth-order valence-electron chi connectivity index (χ4n) is 1.22. The van der Waals surface area contributed by atoms with Gasteiger partial charge in [0.05, 0.1) is 12.7 Å². The van der Waals surface area contributed by atoms with Crippen LogP contribution in [0, 0.1) is 5.92 Å². The third kappa shape index (κ3) is 1.19. The summed E-state index contributed by atoms with van der Waals surface area (Å²) in [5.74, 6) is 0.665. The van der Waals surface area contributed by atoms with Crippen molar-refractivity contribution in [3.63, 3.8) is 0 Å².